The third-order valence-corrected chi connectivity index (χ3v) is 3.92. The van der Waals surface area contributed by atoms with Crippen LogP contribution in [-0.4, -0.2) is 5.78 Å². The highest BCUT2D eigenvalue weighted by atomic mass is 19.3. The van der Waals surface area contributed by atoms with E-state index in [4.69, 9.17) is 4.74 Å². The van der Waals surface area contributed by atoms with Gasteiger partial charge in [0.25, 0.3) is 0 Å². The zero-order valence-electron chi connectivity index (χ0n) is 14.9. The van der Waals surface area contributed by atoms with E-state index in [0.29, 0.717) is 23.4 Å². The summed E-state index contributed by atoms with van der Waals surface area (Å²) in [7, 11) is 0. The molecule has 0 unspecified atom stereocenters. The molecule has 0 saturated carbocycles. The highest BCUT2D eigenvalue weighted by Gasteiger charge is 2.39. The number of halogens is 5. The minimum absolute atomic E-state index is 0.101. The van der Waals surface area contributed by atoms with Crippen molar-refractivity contribution in [2.24, 2.45) is 0 Å². The number of carbonyl (C=O) groups excluding carboxylic acids is 1. The summed E-state index contributed by atoms with van der Waals surface area (Å²) in [4.78, 5) is 11.2. The first-order valence-corrected chi connectivity index (χ1v) is 8.27. The molecule has 3 nitrogen and oxygen atoms in total. The average Bonchev–Trinajstić information content (AvgIpc) is 2.67. The summed E-state index contributed by atoms with van der Waals surface area (Å²) in [6.45, 7) is 1.43. The van der Waals surface area contributed by atoms with E-state index >= 15 is 0 Å². The summed E-state index contributed by atoms with van der Waals surface area (Å²) >= 11 is 0. The summed E-state index contributed by atoms with van der Waals surface area (Å²) in [5.41, 5.74) is -0.921. The van der Waals surface area contributed by atoms with Gasteiger partial charge in [-0.25, -0.2) is 13.2 Å². The lowest BCUT2D eigenvalue weighted by Gasteiger charge is -2.19. The average molecular weight is 408 g/mol. The summed E-state index contributed by atoms with van der Waals surface area (Å²) in [5.74, 6) is -5.36. The number of ketones is 1. The van der Waals surface area contributed by atoms with E-state index < -0.39 is 29.1 Å². The Morgan fingerprint density at radius 3 is 1.83 bits per heavy atom. The van der Waals surface area contributed by atoms with Crippen molar-refractivity contribution in [1.29, 1.82) is 0 Å². The van der Waals surface area contributed by atoms with Gasteiger partial charge in [-0.3, -0.25) is 4.79 Å². The lowest BCUT2D eigenvalue weighted by molar-refractivity contribution is -0.187. The van der Waals surface area contributed by atoms with Gasteiger partial charge in [0.15, 0.2) is 23.2 Å². The van der Waals surface area contributed by atoms with Crippen molar-refractivity contribution in [3.8, 4) is 17.2 Å². The molecular weight excluding hydrogens is 395 g/mol. The third-order valence-electron chi connectivity index (χ3n) is 3.92. The van der Waals surface area contributed by atoms with E-state index in [-0.39, 0.29) is 17.3 Å². The van der Waals surface area contributed by atoms with Crippen molar-refractivity contribution in [3.63, 3.8) is 0 Å². The molecule has 0 saturated heterocycles. The van der Waals surface area contributed by atoms with Crippen molar-refractivity contribution < 1.29 is 36.2 Å². The van der Waals surface area contributed by atoms with Crippen LogP contribution in [-0.2, 0) is 6.11 Å². The Kier molecular flexibility index (Phi) is 5.54. The van der Waals surface area contributed by atoms with Crippen LogP contribution in [0, 0.1) is 17.5 Å². The second-order valence-electron chi connectivity index (χ2n) is 6.00. The number of rotatable bonds is 6. The van der Waals surface area contributed by atoms with Crippen molar-refractivity contribution >= 4 is 5.78 Å². The fraction of sp³-hybridized carbons (Fsp3) is 0.0952. The van der Waals surface area contributed by atoms with Crippen LogP contribution in [0.25, 0.3) is 0 Å². The molecule has 150 valence electrons. The lowest BCUT2D eigenvalue weighted by atomic mass is 10.1. The molecule has 0 aromatic heterocycles. The minimum atomic E-state index is -4.23. The fourth-order valence-electron chi connectivity index (χ4n) is 2.42. The first-order chi connectivity index (χ1) is 13.7. The van der Waals surface area contributed by atoms with Crippen molar-refractivity contribution in [1.82, 2.24) is 0 Å². The maximum Gasteiger partial charge on any atom is 0.429 e. The smallest absolute Gasteiger partial charge is 0.429 e. The Labute approximate surface area is 162 Å². The number of hydrogen-bond donors (Lipinski definition) is 0. The van der Waals surface area contributed by atoms with Gasteiger partial charge in [-0.1, -0.05) is 0 Å². The van der Waals surface area contributed by atoms with Gasteiger partial charge in [0.1, 0.15) is 22.8 Å². The molecule has 0 amide bonds. The van der Waals surface area contributed by atoms with Crippen LogP contribution in [0.5, 0.6) is 17.2 Å². The van der Waals surface area contributed by atoms with Crippen molar-refractivity contribution in [3.05, 3.63) is 89.2 Å². The fourth-order valence-corrected chi connectivity index (χ4v) is 2.42. The van der Waals surface area contributed by atoms with Crippen molar-refractivity contribution in [2.45, 2.75) is 13.0 Å². The Bertz CT molecular complexity index is 1030. The molecule has 0 radical (unpaired) electrons. The molecule has 0 N–H and O–H groups in total. The Morgan fingerprint density at radius 1 is 0.759 bits per heavy atom. The zero-order chi connectivity index (χ0) is 21.2. The van der Waals surface area contributed by atoms with Crippen LogP contribution >= 0.6 is 0 Å². The van der Waals surface area contributed by atoms with Gasteiger partial charge in [0, 0.05) is 5.56 Å². The second-order valence-corrected chi connectivity index (χ2v) is 6.00. The second kappa shape index (κ2) is 7.90. The number of carbonyl (C=O) groups is 1. The Balaban J connectivity index is 1.73. The zero-order valence-corrected chi connectivity index (χ0v) is 14.9. The Hall–Kier alpha value is -3.42. The molecule has 0 aliphatic carbocycles. The molecule has 3 aromatic carbocycles. The van der Waals surface area contributed by atoms with E-state index in [2.05, 4.69) is 4.74 Å². The van der Waals surface area contributed by atoms with Crippen LogP contribution in [0.1, 0.15) is 22.8 Å². The van der Waals surface area contributed by atoms with Gasteiger partial charge in [-0.05, 0) is 67.6 Å². The molecule has 0 heterocycles. The lowest BCUT2D eigenvalue weighted by Crippen LogP contribution is -2.24. The molecule has 0 aliphatic heterocycles. The molecule has 29 heavy (non-hydrogen) atoms. The maximum absolute atomic E-state index is 14.2. The largest absolute Gasteiger partial charge is 0.457 e. The standard InChI is InChI=1S/C21H13F5O3/c1-12(27)13-2-4-14(5-3-13)28-15-6-8-16(9-7-15)29-21(25,26)17-10-11-18(22)20(24)19(17)23/h2-11H,1H3. The predicted molar refractivity (Wildman–Crippen MR) is 93.8 cm³/mol. The van der Waals surface area contributed by atoms with Gasteiger partial charge >= 0.3 is 6.11 Å². The number of Topliss-reactive ketones (excluding diaryl/α,β-unsaturated/α-hetero) is 1. The van der Waals surface area contributed by atoms with Gasteiger partial charge in [-0.15, -0.1) is 0 Å². The van der Waals surface area contributed by atoms with Gasteiger partial charge in [0.05, 0.1) is 0 Å². The summed E-state index contributed by atoms with van der Waals surface area (Å²) in [5, 5.41) is 0. The van der Waals surface area contributed by atoms with Crippen LogP contribution < -0.4 is 9.47 Å². The van der Waals surface area contributed by atoms with E-state index in [0.717, 1.165) is 12.1 Å². The van der Waals surface area contributed by atoms with Crippen LogP contribution in [0.4, 0.5) is 22.0 Å². The molecule has 3 rings (SSSR count). The van der Waals surface area contributed by atoms with Crippen LogP contribution in [0.15, 0.2) is 60.7 Å². The van der Waals surface area contributed by atoms with E-state index in [1.165, 1.54) is 19.1 Å². The number of ether oxygens (including phenoxy) is 2. The third kappa shape index (κ3) is 4.53. The normalized spacial score (nSPS) is 11.2. The van der Waals surface area contributed by atoms with E-state index in [9.17, 15) is 26.7 Å². The highest BCUT2D eigenvalue weighted by Crippen LogP contribution is 2.35. The molecule has 0 spiro atoms. The molecule has 0 fully saturated rings. The number of hydrogen-bond acceptors (Lipinski definition) is 3. The first-order valence-electron chi connectivity index (χ1n) is 8.27. The molecule has 0 aliphatic rings. The molecule has 8 heteroatoms. The molecular formula is C21H13F5O3. The maximum atomic E-state index is 14.2. The van der Waals surface area contributed by atoms with Crippen LogP contribution in [0.3, 0.4) is 0 Å². The van der Waals surface area contributed by atoms with Crippen molar-refractivity contribution in [2.75, 3.05) is 0 Å². The number of benzene rings is 3. The quantitative estimate of drug-likeness (QED) is 0.276. The summed E-state index contributed by atoms with van der Waals surface area (Å²) in [6, 6.07) is 12.0. The SMILES string of the molecule is CC(=O)c1ccc(Oc2ccc(OC(F)(F)c3ccc(F)c(F)c3F)cc2)cc1. The van der Waals surface area contributed by atoms with Gasteiger partial charge in [-0.2, -0.15) is 8.78 Å². The minimum Gasteiger partial charge on any atom is -0.457 e. The predicted octanol–water partition coefficient (Wildman–Crippen LogP) is 6.23. The van der Waals surface area contributed by atoms with Gasteiger partial charge in [0.2, 0.25) is 0 Å². The highest BCUT2D eigenvalue weighted by molar-refractivity contribution is 5.94. The van der Waals surface area contributed by atoms with E-state index in [1.807, 2.05) is 0 Å². The van der Waals surface area contributed by atoms with Gasteiger partial charge < -0.3 is 9.47 Å². The summed E-state index contributed by atoms with van der Waals surface area (Å²) < 4.78 is 78.1. The topological polar surface area (TPSA) is 35.5 Å². The van der Waals surface area contributed by atoms with Crippen LogP contribution in [0.2, 0.25) is 0 Å². The Morgan fingerprint density at radius 2 is 1.28 bits per heavy atom. The molecule has 3 aromatic rings. The molecule has 0 atom stereocenters. The molecule has 0 bridgehead atoms. The summed E-state index contributed by atoms with van der Waals surface area (Å²) in [6.07, 6.45) is -4.23. The van der Waals surface area contributed by atoms with E-state index in [1.54, 1.807) is 24.3 Å². The monoisotopic (exact) mass is 408 g/mol. The first kappa shape index (κ1) is 20.3. The number of alkyl halides is 2.